The van der Waals surface area contributed by atoms with Crippen LogP contribution >= 0.6 is 0 Å². The predicted molar refractivity (Wildman–Crippen MR) is 175 cm³/mol. The molecular formula is C36H66N2O4S. The third kappa shape index (κ3) is 8.02. The van der Waals surface area contributed by atoms with Crippen molar-refractivity contribution in [2.75, 3.05) is 39.5 Å². The van der Waals surface area contributed by atoms with Gasteiger partial charge in [-0.05, 0) is 104 Å². The monoisotopic (exact) mass is 622 g/mol. The summed E-state index contributed by atoms with van der Waals surface area (Å²) in [7, 11) is -0.00929. The Labute approximate surface area is 265 Å². The maximum absolute atomic E-state index is 13.9. The van der Waals surface area contributed by atoms with Crippen LogP contribution in [0.3, 0.4) is 0 Å². The second kappa shape index (κ2) is 14.0. The molecule has 1 amide bonds. The van der Waals surface area contributed by atoms with Gasteiger partial charge in [-0.2, -0.15) is 0 Å². The fourth-order valence-corrected chi connectivity index (χ4v) is 11.9. The topological polar surface area (TPSA) is 86.3 Å². The van der Waals surface area contributed by atoms with Gasteiger partial charge in [-0.3, -0.25) is 4.79 Å². The number of nitrogens with one attached hydrogen (secondary N) is 1. The molecule has 7 heteroatoms. The van der Waals surface area contributed by atoms with Crippen LogP contribution in [0.5, 0.6) is 0 Å². The fourth-order valence-electron chi connectivity index (χ4n) is 11.4. The highest BCUT2D eigenvalue weighted by molar-refractivity contribution is 7.85. The average molecular weight is 623 g/mol. The Bertz CT molecular complexity index is 1040. The third-order valence-electron chi connectivity index (χ3n) is 13.7. The van der Waals surface area contributed by atoms with E-state index in [1.54, 1.807) is 0 Å². The summed E-state index contributed by atoms with van der Waals surface area (Å²) in [6.45, 7) is 14.6. The molecule has 4 fully saturated rings. The number of hydrogen-bond acceptors (Lipinski definition) is 4. The summed E-state index contributed by atoms with van der Waals surface area (Å²) in [4.78, 5) is 13.9. The van der Waals surface area contributed by atoms with Gasteiger partial charge in [0, 0.05) is 31.1 Å². The number of hydrogen-bond donors (Lipinski definition) is 1. The minimum atomic E-state index is -4.16. The highest BCUT2D eigenvalue weighted by Gasteiger charge is 2.62. The largest absolute Gasteiger partial charge is 0.748 e. The van der Waals surface area contributed by atoms with Gasteiger partial charge in [0.25, 0.3) is 0 Å². The molecule has 2 unspecified atom stereocenters. The van der Waals surface area contributed by atoms with Crippen LogP contribution in [-0.4, -0.2) is 62.8 Å². The number of nitrogens with zero attached hydrogens (tertiary/aromatic N) is 1. The quantitative estimate of drug-likeness (QED) is 0.126. The van der Waals surface area contributed by atoms with Crippen molar-refractivity contribution in [1.29, 1.82) is 0 Å². The lowest BCUT2D eigenvalue weighted by molar-refractivity contribution is -0.890. The van der Waals surface area contributed by atoms with Crippen molar-refractivity contribution >= 4 is 16.0 Å². The summed E-state index contributed by atoms with van der Waals surface area (Å²) in [6, 6.07) is 0. The smallest absolute Gasteiger partial charge is 0.223 e. The fraction of sp³-hybridized carbons (Fsp3) is 0.972. The molecule has 4 saturated carbocycles. The molecular weight excluding hydrogens is 556 g/mol. The molecule has 0 saturated heterocycles. The van der Waals surface area contributed by atoms with Gasteiger partial charge in [0.2, 0.25) is 5.91 Å². The first-order chi connectivity index (χ1) is 20.1. The van der Waals surface area contributed by atoms with Crippen LogP contribution < -0.4 is 5.32 Å². The first-order valence-corrected chi connectivity index (χ1v) is 19.7. The number of carbonyl (C=O) groups is 1. The van der Waals surface area contributed by atoms with Crippen molar-refractivity contribution in [3.63, 3.8) is 0 Å². The van der Waals surface area contributed by atoms with Gasteiger partial charge in [0.1, 0.15) is 0 Å². The van der Waals surface area contributed by atoms with Crippen molar-refractivity contribution in [2.24, 2.45) is 58.2 Å². The van der Waals surface area contributed by atoms with Crippen molar-refractivity contribution < 1.29 is 22.2 Å². The molecule has 1 N–H and O–H groups in total. The van der Waals surface area contributed by atoms with Crippen LogP contribution in [0.1, 0.15) is 125 Å². The SMILES string of the molecule is CC(C)CCC[C@@H](C)[C@H]1CC[C@H]2[C@@H]3CCC4CCCC(C(=O)NCCC[N+](C)(C)CCCS(=O)(=O)[O-])[C@]4(C)[C@H]3CC[C@]12C. The highest BCUT2D eigenvalue weighted by atomic mass is 32.2. The van der Waals surface area contributed by atoms with Crippen LogP contribution in [0.25, 0.3) is 0 Å². The zero-order chi connectivity index (χ0) is 31.6. The lowest BCUT2D eigenvalue weighted by atomic mass is 9.42. The molecule has 4 aliphatic carbocycles. The van der Waals surface area contributed by atoms with Crippen molar-refractivity contribution in [2.45, 2.75) is 125 Å². The van der Waals surface area contributed by atoms with E-state index in [0.29, 0.717) is 41.2 Å². The average Bonchev–Trinajstić information content (AvgIpc) is 3.26. The minimum Gasteiger partial charge on any atom is -0.748 e. The van der Waals surface area contributed by atoms with E-state index in [2.05, 4.69) is 54.0 Å². The molecule has 0 heterocycles. The van der Waals surface area contributed by atoms with Gasteiger partial charge in [-0.15, -0.1) is 0 Å². The Morgan fingerprint density at radius 2 is 1.63 bits per heavy atom. The summed E-state index contributed by atoms with van der Waals surface area (Å²) in [5, 5.41) is 3.37. The molecule has 0 radical (unpaired) electrons. The second-order valence-electron chi connectivity index (χ2n) is 17.2. The summed E-state index contributed by atoms with van der Waals surface area (Å²) in [5.74, 6) is 5.61. The molecule has 0 aromatic rings. The highest BCUT2D eigenvalue weighted by Crippen LogP contribution is 2.69. The van der Waals surface area contributed by atoms with Gasteiger partial charge in [-0.25, -0.2) is 8.42 Å². The van der Waals surface area contributed by atoms with Gasteiger partial charge >= 0.3 is 0 Å². The first-order valence-electron chi connectivity index (χ1n) is 18.1. The molecule has 4 aliphatic rings. The Balaban J connectivity index is 1.36. The van der Waals surface area contributed by atoms with Crippen molar-refractivity contribution in [3.8, 4) is 0 Å². The van der Waals surface area contributed by atoms with Crippen LogP contribution in [0.2, 0.25) is 0 Å². The van der Waals surface area contributed by atoms with Gasteiger partial charge in [-0.1, -0.05) is 60.3 Å². The predicted octanol–water partition coefficient (Wildman–Crippen LogP) is 7.24. The van der Waals surface area contributed by atoms with Crippen molar-refractivity contribution in [3.05, 3.63) is 0 Å². The lowest BCUT2D eigenvalue weighted by Gasteiger charge is -2.62. The Morgan fingerprint density at radius 1 is 0.907 bits per heavy atom. The number of amides is 1. The van der Waals surface area contributed by atoms with E-state index in [9.17, 15) is 17.8 Å². The zero-order valence-electron chi connectivity index (χ0n) is 28.8. The summed E-state index contributed by atoms with van der Waals surface area (Å²) >= 11 is 0. The standard InChI is InChI=1S/C36H66N2O4S/c1-26(2)12-8-13-27(3)30-18-19-31-29-17-16-28-14-9-15-33(36(28,5)32(29)20-21-35(30,31)4)34(39)37-22-10-23-38(6,7)24-11-25-43(40,41)42/h26-33H,8-25H2,1-7H3,(H-,37,39,40,41,42)/t27-,28?,29+,30-,31+,32+,33?,35-,36+/m1/s1. The van der Waals surface area contributed by atoms with Crippen LogP contribution in [-0.2, 0) is 14.9 Å². The second-order valence-corrected chi connectivity index (χ2v) is 18.7. The molecule has 6 nitrogen and oxygen atoms in total. The van der Waals surface area contributed by atoms with Crippen LogP contribution in [0.4, 0.5) is 0 Å². The Morgan fingerprint density at radius 3 is 2.33 bits per heavy atom. The van der Waals surface area contributed by atoms with E-state index >= 15 is 0 Å². The van der Waals surface area contributed by atoms with E-state index in [4.69, 9.17) is 0 Å². The van der Waals surface area contributed by atoms with E-state index in [0.717, 1.165) is 49.0 Å². The molecule has 0 aromatic carbocycles. The van der Waals surface area contributed by atoms with E-state index in [1.807, 2.05) is 0 Å². The Hall–Kier alpha value is -0.660. The number of carbonyl (C=O) groups excluding carboxylic acids is 1. The van der Waals surface area contributed by atoms with Gasteiger partial charge in [0.05, 0.1) is 37.3 Å². The van der Waals surface area contributed by atoms with Crippen LogP contribution in [0, 0.1) is 58.2 Å². The van der Waals surface area contributed by atoms with Crippen molar-refractivity contribution in [1.82, 2.24) is 5.32 Å². The molecule has 0 bridgehead atoms. The Kier molecular flexibility index (Phi) is 11.5. The number of quaternary nitrogens is 1. The molecule has 43 heavy (non-hydrogen) atoms. The van der Waals surface area contributed by atoms with Gasteiger partial charge in [0.15, 0.2) is 0 Å². The maximum Gasteiger partial charge on any atom is 0.223 e. The third-order valence-corrected chi connectivity index (χ3v) is 14.5. The number of rotatable bonds is 14. The molecule has 4 rings (SSSR count). The van der Waals surface area contributed by atoms with E-state index in [1.165, 1.54) is 70.6 Å². The first kappa shape index (κ1) is 35.2. The molecule has 250 valence electrons. The summed E-state index contributed by atoms with van der Waals surface area (Å²) < 4.78 is 33.6. The van der Waals surface area contributed by atoms with E-state index in [-0.39, 0.29) is 23.0 Å². The zero-order valence-corrected chi connectivity index (χ0v) is 29.7. The summed E-state index contributed by atoms with van der Waals surface area (Å²) in [6.07, 6.45) is 17.1. The molecule has 9 atom stereocenters. The normalized spacial score (nSPS) is 37.0. The summed E-state index contributed by atoms with van der Waals surface area (Å²) in [5.41, 5.74) is 0.601. The minimum absolute atomic E-state index is 0.118. The molecule has 0 aromatic heterocycles. The van der Waals surface area contributed by atoms with E-state index < -0.39 is 10.1 Å². The van der Waals surface area contributed by atoms with Crippen LogP contribution in [0.15, 0.2) is 0 Å². The lowest BCUT2D eigenvalue weighted by Crippen LogP contribution is -2.58. The van der Waals surface area contributed by atoms with Gasteiger partial charge < -0.3 is 14.4 Å². The maximum atomic E-state index is 13.9. The molecule has 0 spiro atoms. The molecule has 0 aliphatic heterocycles. The number of fused-ring (bicyclic) bond motifs is 5.